The van der Waals surface area contributed by atoms with Crippen molar-refractivity contribution in [2.45, 2.75) is 57.0 Å². The average molecular weight is 506 g/mol. The van der Waals surface area contributed by atoms with Gasteiger partial charge in [-0.15, -0.1) is 11.3 Å². The molecule has 3 aromatic rings. The first-order valence-electron chi connectivity index (χ1n) is 9.39. The largest absolute Gasteiger partial charge is 0.331 e. The minimum absolute atomic E-state index is 0. The smallest absolute Gasteiger partial charge is 0.280 e. The van der Waals surface area contributed by atoms with Gasteiger partial charge in [0.25, 0.3) is 18.1 Å². The molecular weight excluding hydrogens is 481 g/mol. The van der Waals surface area contributed by atoms with E-state index in [-0.39, 0.29) is 75.9 Å². The van der Waals surface area contributed by atoms with Gasteiger partial charge in [0.05, 0.1) is 10.6 Å². The second-order valence-electron chi connectivity index (χ2n) is 7.56. The van der Waals surface area contributed by atoms with Gasteiger partial charge >= 0.3 is 0 Å². The van der Waals surface area contributed by atoms with Crippen molar-refractivity contribution >= 4 is 63.5 Å². The summed E-state index contributed by atoms with van der Waals surface area (Å²) in [4.78, 5) is 23.9. The standard InChI is InChI=1S/C19H19F2N5OS.3H2S/c1-10-6-16(28-8-10)18(27)25-11-2-4-12(14(25)5-3-11)15-7-13(17(20)21)24-19-22-9-23-26(15)19;;;/h6-9,11-12,14,17H,2-5H2,1H3;3*1H2/t11-,12-,14-;;;/m0.../s1. The second kappa shape index (κ2) is 10.1. The molecule has 6 nitrogen and oxygen atoms in total. The molecule has 3 aromatic heterocycles. The number of carbonyl (C=O) groups excluding carboxylic acids is 1. The molecule has 0 aromatic carbocycles. The van der Waals surface area contributed by atoms with E-state index in [2.05, 4.69) is 15.1 Å². The van der Waals surface area contributed by atoms with Crippen LogP contribution in [-0.2, 0) is 0 Å². The van der Waals surface area contributed by atoms with E-state index in [9.17, 15) is 13.6 Å². The minimum Gasteiger partial charge on any atom is -0.331 e. The summed E-state index contributed by atoms with van der Waals surface area (Å²) < 4.78 is 28.3. The van der Waals surface area contributed by atoms with Crippen LogP contribution in [0.4, 0.5) is 8.78 Å². The fraction of sp³-hybridized carbons (Fsp3) is 0.474. The fourth-order valence-corrected chi connectivity index (χ4v) is 5.56. The molecule has 3 atom stereocenters. The highest BCUT2D eigenvalue weighted by Gasteiger charge is 2.46. The highest BCUT2D eigenvalue weighted by molar-refractivity contribution is 7.59. The van der Waals surface area contributed by atoms with E-state index in [4.69, 9.17) is 0 Å². The Hall–Kier alpha value is -1.37. The molecule has 1 amide bonds. The number of hydrogen-bond donors (Lipinski definition) is 0. The first-order valence-corrected chi connectivity index (χ1v) is 10.3. The minimum atomic E-state index is -2.67. The van der Waals surface area contributed by atoms with Gasteiger partial charge < -0.3 is 4.90 Å². The molecule has 31 heavy (non-hydrogen) atoms. The summed E-state index contributed by atoms with van der Waals surface area (Å²) in [6.45, 7) is 1.98. The highest BCUT2D eigenvalue weighted by atomic mass is 32.1. The zero-order chi connectivity index (χ0) is 19.4. The molecular formula is C19H25F2N5OS4. The predicted octanol–water partition coefficient (Wildman–Crippen LogP) is 4.32. The topological polar surface area (TPSA) is 63.4 Å². The SMILES string of the molecule is Cc1csc(C(=O)N2[C@H]3CC[C@H](c4cc(C(F)F)nc5ncnn45)[C@@H]2CC3)c1.S.S.S. The number of nitrogens with zero attached hydrogens (tertiary/aromatic N) is 5. The van der Waals surface area contributed by atoms with Crippen molar-refractivity contribution in [2.24, 2.45) is 0 Å². The molecule has 5 rings (SSSR count). The van der Waals surface area contributed by atoms with Crippen molar-refractivity contribution < 1.29 is 13.6 Å². The van der Waals surface area contributed by atoms with E-state index in [0.717, 1.165) is 36.1 Å². The Morgan fingerprint density at radius 3 is 2.58 bits per heavy atom. The van der Waals surface area contributed by atoms with Gasteiger partial charge in [-0.3, -0.25) is 4.79 Å². The Balaban J connectivity index is 0.00000114. The second-order valence-corrected chi connectivity index (χ2v) is 8.47. The zero-order valence-corrected chi connectivity index (χ0v) is 20.6. The summed E-state index contributed by atoms with van der Waals surface area (Å²) in [5.74, 6) is 0.168. The quantitative estimate of drug-likeness (QED) is 0.532. The normalized spacial score (nSPS) is 22.1. The first kappa shape index (κ1) is 25.9. The van der Waals surface area contributed by atoms with Crippen molar-refractivity contribution in [3.8, 4) is 0 Å². The van der Waals surface area contributed by atoms with Crippen LogP contribution in [0, 0.1) is 6.92 Å². The first-order chi connectivity index (χ1) is 13.5. The fourth-order valence-electron chi connectivity index (χ4n) is 4.72. The Labute approximate surface area is 203 Å². The number of halogens is 2. The number of thiophene rings is 1. The summed E-state index contributed by atoms with van der Waals surface area (Å²) >= 11 is 1.46. The van der Waals surface area contributed by atoms with Crippen LogP contribution in [0.25, 0.3) is 5.78 Å². The molecule has 0 spiro atoms. The summed E-state index contributed by atoms with van der Waals surface area (Å²) in [6.07, 6.45) is 2.17. The van der Waals surface area contributed by atoms with Gasteiger partial charge in [-0.25, -0.2) is 18.3 Å². The van der Waals surface area contributed by atoms with Crippen LogP contribution in [0.1, 0.15) is 64.6 Å². The molecule has 2 fully saturated rings. The monoisotopic (exact) mass is 505 g/mol. The number of amides is 1. The van der Waals surface area contributed by atoms with Crippen LogP contribution in [0.3, 0.4) is 0 Å². The average Bonchev–Trinajstić information content (AvgIpc) is 3.39. The predicted molar refractivity (Wildman–Crippen MR) is 131 cm³/mol. The van der Waals surface area contributed by atoms with E-state index in [1.54, 1.807) is 4.52 Å². The number of hydrogen-bond acceptors (Lipinski definition) is 5. The lowest BCUT2D eigenvalue weighted by Gasteiger charge is -2.40. The van der Waals surface area contributed by atoms with E-state index in [1.165, 1.54) is 23.7 Å². The number of rotatable bonds is 3. The molecule has 170 valence electrons. The maximum atomic E-state index is 13.4. The number of alkyl halides is 2. The van der Waals surface area contributed by atoms with Crippen LogP contribution in [0.15, 0.2) is 23.8 Å². The lowest BCUT2D eigenvalue weighted by Crippen LogP contribution is -2.47. The number of aryl methyl sites for hydroxylation is 1. The number of aromatic nitrogens is 4. The van der Waals surface area contributed by atoms with Crippen LogP contribution in [-0.4, -0.2) is 42.5 Å². The summed E-state index contributed by atoms with van der Waals surface area (Å²) in [5, 5.41) is 6.18. The van der Waals surface area contributed by atoms with E-state index in [0.29, 0.717) is 5.69 Å². The Bertz CT molecular complexity index is 1060. The summed E-state index contributed by atoms with van der Waals surface area (Å²) in [5.41, 5.74) is 1.46. The highest BCUT2D eigenvalue weighted by Crippen LogP contribution is 2.45. The van der Waals surface area contributed by atoms with E-state index in [1.807, 2.05) is 23.3 Å². The molecule has 0 radical (unpaired) electrons. The summed E-state index contributed by atoms with van der Waals surface area (Å²) in [7, 11) is 0. The lowest BCUT2D eigenvalue weighted by atomic mass is 9.86. The Morgan fingerprint density at radius 2 is 1.90 bits per heavy atom. The van der Waals surface area contributed by atoms with Crippen molar-refractivity contribution in [3.63, 3.8) is 0 Å². The number of carbonyl (C=O) groups is 1. The number of piperidine rings is 1. The molecule has 2 saturated heterocycles. The van der Waals surface area contributed by atoms with Crippen LogP contribution < -0.4 is 0 Å². The van der Waals surface area contributed by atoms with Gasteiger partial charge in [-0.05, 0) is 55.7 Å². The molecule has 2 aliphatic heterocycles. The third-order valence-electron chi connectivity index (χ3n) is 5.90. The summed E-state index contributed by atoms with van der Waals surface area (Å²) in [6, 6.07) is 3.56. The molecule has 0 N–H and O–H groups in total. The van der Waals surface area contributed by atoms with Gasteiger partial charge in [0.2, 0.25) is 0 Å². The van der Waals surface area contributed by atoms with Gasteiger partial charge in [0, 0.05) is 18.0 Å². The van der Waals surface area contributed by atoms with Crippen molar-refractivity contribution in [1.82, 2.24) is 24.5 Å². The van der Waals surface area contributed by atoms with Crippen molar-refractivity contribution in [2.75, 3.05) is 0 Å². The molecule has 2 aliphatic rings. The van der Waals surface area contributed by atoms with E-state index >= 15 is 0 Å². The maximum Gasteiger partial charge on any atom is 0.280 e. The van der Waals surface area contributed by atoms with E-state index < -0.39 is 6.43 Å². The third-order valence-corrected chi connectivity index (χ3v) is 6.94. The molecule has 0 saturated carbocycles. The van der Waals surface area contributed by atoms with Gasteiger partial charge in [-0.2, -0.15) is 50.6 Å². The van der Waals surface area contributed by atoms with Crippen molar-refractivity contribution in [1.29, 1.82) is 0 Å². The Morgan fingerprint density at radius 1 is 1.16 bits per heavy atom. The van der Waals surface area contributed by atoms with Gasteiger partial charge in [0.15, 0.2) is 0 Å². The Kier molecular flexibility index (Phi) is 8.39. The van der Waals surface area contributed by atoms with Crippen LogP contribution in [0.2, 0.25) is 0 Å². The maximum absolute atomic E-state index is 13.4. The molecule has 5 heterocycles. The lowest BCUT2D eigenvalue weighted by molar-refractivity contribution is 0.0559. The molecule has 0 unspecified atom stereocenters. The van der Waals surface area contributed by atoms with Crippen LogP contribution >= 0.6 is 51.8 Å². The van der Waals surface area contributed by atoms with Crippen LogP contribution in [0.5, 0.6) is 0 Å². The molecule has 0 aliphatic carbocycles. The van der Waals surface area contributed by atoms with Gasteiger partial charge in [-0.1, -0.05) is 0 Å². The zero-order valence-electron chi connectivity index (χ0n) is 16.8. The number of fused-ring (bicyclic) bond motifs is 3. The van der Waals surface area contributed by atoms with Gasteiger partial charge in [0.1, 0.15) is 12.0 Å². The third kappa shape index (κ3) is 4.44. The molecule has 2 bridgehead atoms. The van der Waals surface area contributed by atoms with Crippen molar-refractivity contribution in [3.05, 3.63) is 45.7 Å². The molecule has 12 heteroatoms.